The third kappa shape index (κ3) is 2.70. The van der Waals surface area contributed by atoms with Crippen molar-refractivity contribution in [3.8, 4) is 0 Å². The number of hydrogen-bond donors (Lipinski definition) is 1. The van der Waals surface area contributed by atoms with Crippen LogP contribution in [-0.2, 0) is 10.8 Å². The molecule has 3 atom stereocenters. The van der Waals surface area contributed by atoms with Gasteiger partial charge in [-0.15, -0.1) is 11.8 Å². The summed E-state index contributed by atoms with van der Waals surface area (Å²) in [7, 11) is -0.737. The summed E-state index contributed by atoms with van der Waals surface area (Å²) in [5.74, 6) is 1.80. The third-order valence-electron chi connectivity index (χ3n) is 2.32. The molecule has 2 nitrogen and oxygen atoms in total. The van der Waals surface area contributed by atoms with Crippen LogP contribution >= 0.6 is 11.8 Å². The second-order valence-electron chi connectivity index (χ2n) is 3.55. The van der Waals surface area contributed by atoms with E-state index >= 15 is 0 Å². The Bertz CT molecular complexity index is 194. The smallest absolute Gasteiger partial charge is 0.0933 e. The van der Waals surface area contributed by atoms with E-state index in [2.05, 4.69) is 6.92 Å². The van der Waals surface area contributed by atoms with Crippen LogP contribution in [0, 0.1) is 0 Å². The highest BCUT2D eigenvalue weighted by Crippen LogP contribution is 2.42. The molecule has 1 N–H and O–H groups in total. The zero-order valence-corrected chi connectivity index (χ0v) is 9.92. The first kappa shape index (κ1) is 11.5. The number of thioether (sulfide) groups is 1. The molecule has 13 heavy (non-hydrogen) atoms. The van der Waals surface area contributed by atoms with Crippen molar-refractivity contribution in [2.24, 2.45) is 0 Å². The summed E-state index contributed by atoms with van der Waals surface area (Å²) in [6.07, 6.45) is 2.40. The van der Waals surface area contributed by atoms with Gasteiger partial charge in [0.25, 0.3) is 0 Å². The molecule has 1 aliphatic rings. The van der Waals surface area contributed by atoms with Gasteiger partial charge in [-0.25, -0.2) is 0 Å². The highest BCUT2D eigenvalue weighted by Gasteiger charge is 2.41. The van der Waals surface area contributed by atoms with Crippen molar-refractivity contribution in [2.75, 3.05) is 11.5 Å². The van der Waals surface area contributed by atoms with Gasteiger partial charge in [-0.3, -0.25) is 4.21 Å². The summed E-state index contributed by atoms with van der Waals surface area (Å²) in [5.41, 5.74) is 0. The van der Waals surface area contributed by atoms with Gasteiger partial charge in [0.1, 0.15) is 0 Å². The minimum Gasteiger partial charge on any atom is -0.393 e. The molecular weight excluding hydrogens is 204 g/mol. The molecule has 78 valence electrons. The van der Waals surface area contributed by atoms with Crippen molar-refractivity contribution in [1.29, 1.82) is 0 Å². The Morgan fingerprint density at radius 1 is 1.69 bits per heavy atom. The average Bonchev–Trinajstić information content (AvgIpc) is 2.32. The largest absolute Gasteiger partial charge is 0.393 e. The SMILES string of the molecule is CCS[C@@]1(C[C@@H](C)O)CCCS1=O. The molecule has 0 aromatic carbocycles. The van der Waals surface area contributed by atoms with Crippen LogP contribution in [0.15, 0.2) is 0 Å². The Balaban J connectivity index is 2.68. The van der Waals surface area contributed by atoms with Gasteiger partial charge in [0.2, 0.25) is 0 Å². The normalized spacial score (nSPS) is 36.4. The highest BCUT2D eigenvalue weighted by atomic mass is 32.2. The molecule has 0 bridgehead atoms. The Kier molecular flexibility index (Phi) is 4.26. The molecular formula is C9H18O2S2. The predicted octanol–water partition coefficient (Wildman–Crippen LogP) is 1.75. The lowest BCUT2D eigenvalue weighted by molar-refractivity contribution is 0.179. The Hall–Kier alpha value is 0.460. The molecule has 0 spiro atoms. The van der Waals surface area contributed by atoms with Gasteiger partial charge in [0.05, 0.1) is 10.2 Å². The van der Waals surface area contributed by atoms with Gasteiger partial charge in [-0.05, 0) is 31.9 Å². The highest BCUT2D eigenvalue weighted by molar-refractivity contribution is 8.12. The summed E-state index contributed by atoms with van der Waals surface area (Å²) < 4.78 is 11.7. The first-order valence-electron chi connectivity index (χ1n) is 4.81. The maximum absolute atomic E-state index is 11.8. The maximum Gasteiger partial charge on any atom is 0.0933 e. The molecule has 1 rings (SSSR count). The zero-order chi connectivity index (χ0) is 9.90. The average molecular weight is 222 g/mol. The van der Waals surface area contributed by atoms with E-state index in [1.165, 1.54) is 0 Å². The molecule has 1 aliphatic heterocycles. The molecule has 0 aliphatic carbocycles. The lowest BCUT2D eigenvalue weighted by Gasteiger charge is -2.27. The molecule has 1 saturated heterocycles. The van der Waals surface area contributed by atoms with E-state index < -0.39 is 10.8 Å². The maximum atomic E-state index is 11.8. The van der Waals surface area contributed by atoms with Crippen molar-refractivity contribution >= 4 is 22.6 Å². The Morgan fingerprint density at radius 3 is 2.77 bits per heavy atom. The first-order chi connectivity index (χ1) is 6.10. The fourth-order valence-electron chi connectivity index (χ4n) is 1.88. The van der Waals surface area contributed by atoms with E-state index in [1.54, 1.807) is 18.7 Å². The van der Waals surface area contributed by atoms with Crippen LogP contribution in [0.3, 0.4) is 0 Å². The number of rotatable bonds is 4. The summed E-state index contributed by atoms with van der Waals surface area (Å²) in [4.78, 5) is 0. The molecule has 0 amide bonds. The lowest BCUT2D eigenvalue weighted by Crippen LogP contribution is -2.30. The minimum atomic E-state index is -0.737. The fraction of sp³-hybridized carbons (Fsp3) is 1.00. The van der Waals surface area contributed by atoms with E-state index in [0.717, 1.165) is 24.3 Å². The van der Waals surface area contributed by atoms with E-state index in [4.69, 9.17) is 0 Å². The predicted molar refractivity (Wildman–Crippen MR) is 59.4 cm³/mol. The van der Waals surface area contributed by atoms with Gasteiger partial charge in [-0.1, -0.05) is 6.92 Å². The van der Waals surface area contributed by atoms with Gasteiger partial charge >= 0.3 is 0 Å². The third-order valence-corrected chi connectivity index (χ3v) is 6.27. The monoisotopic (exact) mass is 222 g/mol. The molecule has 1 heterocycles. The van der Waals surface area contributed by atoms with Gasteiger partial charge < -0.3 is 5.11 Å². The van der Waals surface area contributed by atoms with E-state index in [0.29, 0.717) is 6.42 Å². The van der Waals surface area contributed by atoms with Crippen LogP contribution in [0.4, 0.5) is 0 Å². The second kappa shape index (κ2) is 4.80. The number of aliphatic hydroxyl groups is 1. The lowest BCUT2D eigenvalue weighted by atomic mass is 10.1. The van der Waals surface area contributed by atoms with Crippen molar-refractivity contribution in [3.05, 3.63) is 0 Å². The summed E-state index contributed by atoms with van der Waals surface area (Å²) >= 11 is 1.76. The van der Waals surface area contributed by atoms with Gasteiger partial charge in [0, 0.05) is 16.6 Å². The van der Waals surface area contributed by atoms with Crippen LogP contribution in [0.5, 0.6) is 0 Å². The molecule has 1 unspecified atom stereocenters. The van der Waals surface area contributed by atoms with E-state index in [-0.39, 0.29) is 10.2 Å². The van der Waals surface area contributed by atoms with Crippen molar-refractivity contribution in [3.63, 3.8) is 0 Å². The van der Waals surface area contributed by atoms with Crippen LogP contribution in [0.2, 0.25) is 0 Å². The van der Waals surface area contributed by atoms with Gasteiger partial charge in [0.15, 0.2) is 0 Å². The quantitative estimate of drug-likeness (QED) is 0.787. The molecule has 4 heteroatoms. The topological polar surface area (TPSA) is 37.3 Å². The van der Waals surface area contributed by atoms with E-state index in [9.17, 15) is 9.32 Å². The summed E-state index contributed by atoms with van der Waals surface area (Å²) in [5, 5.41) is 9.37. The van der Waals surface area contributed by atoms with Crippen LogP contribution in [-0.4, -0.2) is 31.0 Å². The number of aliphatic hydroxyl groups excluding tert-OH is 1. The van der Waals surface area contributed by atoms with Crippen molar-refractivity contribution in [2.45, 2.75) is 43.3 Å². The van der Waals surface area contributed by atoms with Gasteiger partial charge in [-0.2, -0.15) is 0 Å². The Labute approximate surface area is 86.9 Å². The summed E-state index contributed by atoms with van der Waals surface area (Å²) in [6.45, 7) is 3.87. The molecule has 0 radical (unpaired) electrons. The van der Waals surface area contributed by atoms with E-state index in [1.807, 2.05) is 0 Å². The number of hydrogen-bond acceptors (Lipinski definition) is 3. The molecule has 0 aromatic rings. The van der Waals surface area contributed by atoms with Crippen LogP contribution < -0.4 is 0 Å². The summed E-state index contributed by atoms with van der Waals surface area (Å²) in [6, 6.07) is 0. The minimum absolute atomic E-state index is 0.136. The second-order valence-corrected chi connectivity index (χ2v) is 7.34. The molecule has 0 saturated carbocycles. The standard InChI is InChI=1S/C9H18O2S2/c1-3-12-9(7-8(2)10)5-4-6-13(9)11/h8,10H,3-7H2,1-2H3/t8-,9+,13?/m1/s1. The molecule has 0 aromatic heterocycles. The van der Waals surface area contributed by atoms with Crippen molar-refractivity contribution in [1.82, 2.24) is 0 Å². The zero-order valence-electron chi connectivity index (χ0n) is 8.28. The van der Waals surface area contributed by atoms with Crippen LogP contribution in [0.1, 0.15) is 33.1 Å². The fourth-order valence-corrected chi connectivity index (χ4v) is 5.76. The van der Waals surface area contributed by atoms with Crippen LogP contribution in [0.25, 0.3) is 0 Å². The first-order valence-corrected chi connectivity index (χ1v) is 7.11. The Morgan fingerprint density at radius 2 is 2.38 bits per heavy atom. The van der Waals surface area contributed by atoms with Crippen molar-refractivity contribution < 1.29 is 9.32 Å². The molecule has 1 fully saturated rings.